The lowest BCUT2D eigenvalue weighted by Gasteiger charge is -2.15. The second kappa shape index (κ2) is 5.88. The van der Waals surface area contributed by atoms with Gasteiger partial charge in [-0.3, -0.25) is 9.79 Å². The van der Waals surface area contributed by atoms with E-state index >= 15 is 0 Å². The zero-order valence-electron chi connectivity index (χ0n) is 12.9. The summed E-state index contributed by atoms with van der Waals surface area (Å²) in [5.74, 6) is 0.861. The van der Waals surface area contributed by atoms with E-state index in [0.29, 0.717) is 6.61 Å². The van der Waals surface area contributed by atoms with Gasteiger partial charge < -0.3 is 9.30 Å². The third-order valence-corrected chi connectivity index (χ3v) is 4.30. The van der Waals surface area contributed by atoms with Crippen molar-refractivity contribution in [2.45, 2.75) is 19.4 Å². The third-order valence-electron chi connectivity index (χ3n) is 4.30. The van der Waals surface area contributed by atoms with Gasteiger partial charge in [0.25, 0.3) is 0 Å². The summed E-state index contributed by atoms with van der Waals surface area (Å²) in [6.45, 7) is 2.32. The normalized spacial score (nSPS) is 14.2. The third kappa shape index (κ3) is 2.50. The first kappa shape index (κ1) is 14.0. The first-order chi connectivity index (χ1) is 11.3. The molecule has 3 aromatic rings. The van der Waals surface area contributed by atoms with Crippen molar-refractivity contribution in [3.8, 4) is 0 Å². The van der Waals surface area contributed by atoms with Crippen LogP contribution >= 0.6 is 0 Å². The van der Waals surface area contributed by atoms with E-state index in [2.05, 4.69) is 9.56 Å². The van der Waals surface area contributed by atoms with E-state index in [1.54, 1.807) is 0 Å². The molecule has 0 fully saturated rings. The number of hydrogen-bond acceptors (Lipinski definition) is 3. The number of aliphatic imine (C=N–C) groups is 1. The van der Waals surface area contributed by atoms with Gasteiger partial charge in [-0.15, -0.1) is 0 Å². The molecule has 0 radical (unpaired) electrons. The van der Waals surface area contributed by atoms with Crippen LogP contribution in [0.1, 0.15) is 12.8 Å². The smallest absolute Gasteiger partial charge is 0.197 e. The van der Waals surface area contributed by atoms with E-state index in [1.807, 2.05) is 48.5 Å². The maximum Gasteiger partial charge on any atom is 0.197 e. The molecule has 0 saturated carbocycles. The van der Waals surface area contributed by atoms with Gasteiger partial charge in [0, 0.05) is 23.7 Å². The number of hydrogen-bond donors (Lipinski definition) is 0. The van der Waals surface area contributed by atoms with Crippen molar-refractivity contribution < 1.29 is 4.74 Å². The molecule has 0 aliphatic carbocycles. The van der Waals surface area contributed by atoms with Crippen LogP contribution in [0.15, 0.2) is 58.3 Å². The fraction of sp³-hybridized carbons (Fsp3) is 0.263. The fourth-order valence-electron chi connectivity index (χ4n) is 3.24. The number of aromatic nitrogens is 1. The van der Waals surface area contributed by atoms with Crippen LogP contribution < -0.4 is 5.43 Å². The van der Waals surface area contributed by atoms with Crippen LogP contribution in [0.25, 0.3) is 21.8 Å². The van der Waals surface area contributed by atoms with Crippen LogP contribution in [0, 0.1) is 0 Å². The molecule has 1 aromatic heterocycles. The van der Waals surface area contributed by atoms with Gasteiger partial charge in [-0.05, 0) is 30.7 Å². The molecule has 1 aliphatic rings. The SMILES string of the molecule is O=c1c2ccccc2n(CCCC2=NCCO2)c2ccccc12. The van der Waals surface area contributed by atoms with Crippen molar-refractivity contribution in [3.05, 3.63) is 58.8 Å². The lowest BCUT2D eigenvalue weighted by Crippen LogP contribution is -2.12. The highest BCUT2D eigenvalue weighted by molar-refractivity contribution is 5.93. The predicted molar refractivity (Wildman–Crippen MR) is 93.2 cm³/mol. The molecule has 2 aromatic carbocycles. The molecule has 0 spiro atoms. The van der Waals surface area contributed by atoms with Crippen LogP contribution in [0.3, 0.4) is 0 Å². The van der Waals surface area contributed by atoms with Gasteiger partial charge in [0.1, 0.15) is 6.61 Å². The molecule has 0 amide bonds. The lowest BCUT2D eigenvalue weighted by atomic mass is 10.1. The van der Waals surface area contributed by atoms with E-state index in [4.69, 9.17) is 4.74 Å². The van der Waals surface area contributed by atoms with Crippen LogP contribution in [-0.2, 0) is 11.3 Å². The van der Waals surface area contributed by atoms with E-state index in [9.17, 15) is 4.79 Å². The molecule has 116 valence electrons. The molecule has 1 aliphatic heterocycles. The van der Waals surface area contributed by atoms with Crippen molar-refractivity contribution in [3.63, 3.8) is 0 Å². The van der Waals surface area contributed by atoms with Crippen molar-refractivity contribution in [2.75, 3.05) is 13.2 Å². The average molecular weight is 306 g/mol. The summed E-state index contributed by atoms with van der Waals surface area (Å²) in [7, 11) is 0. The van der Waals surface area contributed by atoms with Crippen LogP contribution in [0.2, 0.25) is 0 Å². The molecule has 23 heavy (non-hydrogen) atoms. The van der Waals surface area contributed by atoms with Crippen molar-refractivity contribution in [2.24, 2.45) is 4.99 Å². The van der Waals surface area contributed by atoms with E-state index in [1.165, 1.54) is 0 Å². The Balaban J connectivity index is 1.79. The summed E-state index contributed by atoms with van der Waals surface area (Å²) in [5.41, 5.74) is 2.09. The minimum atomic E-state index is 0.107. The first-order valence-corrected chi connectivity index (χ1v) is 8.01. The summed E-state index contributed by atoms with van der Waals surface area (Å²) < 4.78 is 7.71. The molecule has 4 nitrogen and oxygen atoms in total. The predicted octanol–water partition coefficient (Wildman–Crippen LogP) is 3.36. The Kier molecular flexibility index (Phi) is 3.58. The molecule has 0 N–H and O–H groups in total. The molecule has 4 rings (SSSR count). The highest BCUT2D eigenvalue weighted by Crippen LogP contribution is 2.20. The topological polar surface area (TPSA) is 43.6 Å². The summed E-state index contributed by atoms with van der Waals surface area (Å²) in [4.78, 5) is 17.0. The number of para-hydroxylation sites is 2. The number of nitrogens with zero attached hydrogens (tertiary/aromatic N) is 2. The molecule has 0 bridgehead atoms. The summed E-state index contributed by atoms with van der Waals surface area (Å²) in [6.07, 6.45) is 1.78. The van der Waals surface area contributed by atoms with Gasteiger partial charge >= 0.3 is 0 Å². The van der Waals surface area contributed by atoms with Gasteiger partial charge in [0.05, 0.1) is 17.6 Å². The van der Waals surface area contributed by atoms with Gasteiger partial charge in [-0.1, -0.05) is 24.3 Å². The number of benzene rings is 2. The molecule has 0 saturated heterocycles. The molecule has 0 unspecified atom stereocenters. The first-order valence-electron chi connectivity index (χ1n) is 8.01. The summed E-state index contributed by atoms with van der Waals surface area (Å²) in [6, 6.07) is 15.7. The van der Waals surface area contributed by atoms with Crippen LogP contribution in [0.5, 0.6) is 0 Å². The second-order valence-electron chi connectivity index (χ2n) is 5.74. The van der Waals surface area contributed by atoms with Gasteiger partial charge in [0.15, 0.2) is 11.3 Å². The van der Waals surface area contributed by atoms with Crippen LogP contribution in [0.4, 0.5) is 0 Å². The number of aryl methyl sites for hydroxylation is 1. The molecule has 2 heterocycles. The Labute approximate surface area is 134 Å². The minimum absolute atomic E-state index is 0.107. The maximum absolute atomic E-state index is 12.7. The maximum atomic E-state index is 12.7. The Morgan fingerprint density at radius 3 is 2.26 bits per heavy atom. The minimum Gasteiger partial charge on any atom is -0.479 e. The number of ether oxygens (including phenoxy) is 1. The van der Waals surface area contributed by atoms with Gasteiger partial charge in [0.2, 0.25) is 0 Å². The number of fused-ring (bicyclic) bond motifs is 2. The summed E-state index contributed by atoms with van der Waals surface area (Å²) in [5, 5.41) is 1.56. The van der Waals surface area contributed by atoms with Gasteiger partial charge in [-0.2, -0.15) is 0 Å². The Hall–Kier alpha value is -2.62. The Bertz CT molecular complexity index is 896. The van der Waals surface area contributed by atoms with Crippen molar-refractivity contribution in [1.29, 1.82) is 0 Å². The van der Waals surface area contributed by atoms with E-state index < -0.39 is 0 Å². The Morgan fingerprint density at radius 1 is 1.00 bits per heavy atom. The van der Waals surface area contributed by atoms with Crippen LogP contribution in [-0.4, -0.2) is 23.6 Å². The van der Waals surface area contributed by atoms with E-state index in [-0.39, 0.29) is 5.43 Å². The van der Waals surface area contributed by atoms with Gasteiger partial charge in [-0.25, -0.2) is 0 Å². The monoisotopic (exact) mass is 306 g/mol. The lowest BCUT2D eigenvalue weighted by molar-refractivity contribution is 0.336. The standard InChI is InChI=1S/C19H18N2O2/c22-19-14-6-1-3-8-16(14)21(17-9-4-2-7-15(17)19)12-5-10-18-20-11-13-23-18/h1-4,6-9H,5,10-13H2. The summed E-state index contributed by atoms with van der Waals surface area (Å²) >= 11 is 0. The zero-order valence-corrected chi connectivity index (χ0v) is 12.9. The highest BCUT2D eigenvalue weighted by atomic mass is 16.5. The molecular weight excluding hydrogens is 288 g/mol. The fourth-order valence-corrected chi connectivity index (χ4v) is 3.24. The van der Waals surface area contributed by atoms with E-state index in [0.717, 1.165) is 53.6 Å². The average Bonchev–Trinajstić information content (AvgIpc) is 3.11. The Morgan fingerprint density at radius 2 is 1.65 bits per heavy atom. The van der Waals surface area contributed by atoms with Crippen molar-refractivity contribution in [1.82, 2.24) is 4.57 Å². The number of pyridine rings is 1. The number of rotatable bonds is 4. The zero-order chi connectivity index (χ0) is 15.6. The highest BCUT2D eigenvalue weighted by Gasteiger charge is 2.11. The quantitative estimate of drug-likeness (QED) is 0.694. The molecule has 4 heteroatoms. The molecular formula is C19H18N2O2. The largest absolute Gasteiger partial charge is 0.479 e. The molecule has 0 atom stereocenters. The second-order valence-corrected chi connectivity index (χ2v) is 5.74. The van der Waals surface area contributed by atoms with Crippen molar-refractivity contribution >= 4 is 27.7 Å².